The van der Waals surface area contributed by atoms with Gasteiger partial charge in [-0.1, -0.05) is 146 Å². The first-order valence-electron chi connectivity index (χ1n) is 18.7. The lowest BCUT2D eigenvalue weighted by Gasteiger charge is -2.10. The summed E-state index contributed by atoms with van der Waals surface area (Å²) in [6.07, 6.45) is 0. The molecule has 0 aliphatic carbocycles. The molecule has 0 bridgehead atoms. The third-order valence-corrected chi connectivity index (χ3v) is 11.7. The first-order valence-corrected chi connectivity index (χ1v) is 19.5. The molecule has 0 radical (unpaired) electrons. The lowest BCUT2D eigenvalue weighted by molar-refractivity contribution is 0.670. The Morgan fingerprint density at radius 2 is 0.911 bits per heavy atom. The fourth-order valence-electron chi connectivity index (χ4n) is 7.79. The van der Waals surface area contributed by atoms with E-state index >= 15 is 0 Å². The number of thiophene rings is 1. The summed E-state index contributed by atoms with van der Waals surface area (Å²) < 4.78 is 9.00. The second-order valence-corrected chi connectivity index (χ2v) is 15.0. The summed E-state index contributed by atoms with van der Waals surface area (Å²) in [5.41, 5.74) is 11.5. The molecular formula is C51H31N3OS. The van der Waals surface area contributed by atoms with Gasteiger partial charge in [0.2, 0.25) is 0 Å². The van der Waals surface area contributed by atoms with E-state index in [1.165, 1.54) is 26.6 Å². The Hall–Kier alpha value is -7.21. The van der Waals surface area contributed by atoms with Gasteiger partial charge in [-0.2, -0.15) is 0 Å². The zero-order valence-corrected chi connectivity index (χ0v) is 30.9. The van der Waals surface area contributed by atoms with E-state index in [0.29, 0.717) is 17.5 Å². The minimum Gasteiger partial charge on any atom is -0.455 e. The second kappa shape index (κ2) is 13.3. The van der Waals surface area contributed by atoms with Gasteiger partial charge in [-0.15, -0.1) is 11.3 Å². The minimum absolute atomic E-state index is 0.652. The molecule has 8 aromatic carbocycles. The van der Waals surface area contributed by atoms with Crippen LogP contribution in [0, 0.1) is 0 Å². The molecule has 56 heavy (non-hydrogen) atoms. The summed E-state index contributed by atoms with van der Waals surface area (Å²) in [7, 11) is 0. The van der Waals surface area contributed by atoms with Crippen LogP contribution in [0.15, 0.2) is 192 Å². The summed E-state index contributed by atoms with van der Waals surface area (Å²) >= 11 is 1.77. The highest BCUT2D eigenvalue weighted by molar-refractivity contribution is 7.26. The monoisotopic (exact) mass is 733 g/mol. The lowest BCUT2D eigenvalue weighted by atomic mass is 9.93. The van der Waals surface area contributed by atoms with Gasteiger partial charge >= 0.3 is 0 Å². The van der Waals surface area contributed by atoms with Gasteiger partial charge in [0.15, 0.2) is 17.5 Å². The van der Waals surface area contributed by atoms with Gasteiger partial charge in [-0.05, 0) is 70.3 Å². The van der Waals surface area contributed by atoms with Gasteiger partial charge in [0.1, 0.15) is 11.2 Å². The number of furan rings is 1. The molecule has 3 aromatic heterocycles. The Bertz CT molecular complexity index is 3180. The number of hydrogen-bond donors (Lipinski definition) is 0. The number of para-hydroxylation sites is 1. The number of benzene rings is 8. The second-order valence-electron chi connectivity index (χ2n) is 14.0. The molecule has 11 rings (SSSR count). The van der Waals surface area contributed by atoms with Crippen LogP contribution >= 0.6 is 11.3 Å². The molecule has 262 valence electrons. The highest BCUT2D eigenvalue weighted by atomic mass is 32.1. The molecule has 0 aliphatic rings. The molecule has 0 spiro atoms. The lowest BCUT2D eigenvalue weighted by Crippen LogP contribution is -2.00. The Balaban J connectivity index is 1.09. The highest BCUT2D eigenvalue weighted by Crippen LogP contribution is 2.44. The van der Waals surface area contributed by atoms with Crippen LogP contribution in [0.1, 0.15) is 0 Å². The molecule has 0 amide bonds. The van der Waals surface area contributed by atoms with E-state index in [0.717, 1.165) is 65.6 Å². The molecule has 11 aromatic rings. The molecule has 0 N–H and O–H groups in total. The van der Waals surface area contributed by atoms with Crippen molar-refractivity contribution in [2.45, 2.75) is 0 Å². The maximum Gasteiger partial charge on any atom is 0.165 e. The number of fused-ring (bicyclic) bond motifs is 6. The van der Waals surface area contributed by atoms with Gasteiger partial charge in [-0.3, -0.25) is 0 Å². The van der Waals surface area contributed by atoms with E-state index in [9.17, 15) is 0 Å². The third kappa shape index (κ3) is 5.56. The molecule has 3 heterocycles. The summed E-state index contributed by atoms with van der Waals surface area (Å²) in [6, 6.07) is 65.8. The van der Waals surface area contributed by atoms with E-state index in [-0.39, 0.29) is 0 Å². The van der Waals surface area contributed by atoms with Crippen molar-refractivity contribution in [2.24, 2.45) is 0 Å². The van der Waals surface area contributed by atoms with Crippen LogP contribution in [-0.4, -0.2) is 15.0 Å². The van der Waals surface area contributed by atoms with Crippen LogP contribution in [0.5, 0.6) is 0 Å². The van der Waals surface area contributed by atoms with Gasteiger partial charge in [0, 0.05) is 53.2 Å². The van der Waals surface area contributed by atoms with Crippen molar-refractivity contribution in [3.63, 3.8) is 0 Å². The molecular weight excluding hydrogens is 703 g/mol. The number of hydrogen-bond acceptors (Lipinski definition) is 5. The fraction of sp³-hybridized carbons (Fsp3) is 0. The molecule has 4 nitrogen and oxygen atoms in total. The van der Waals surface area contributed by atoms with Crippen LogP contribution in [0.4, 0.5) is 0 Å². The van der Waals surface area contributed by atoms with Crippen molar-refractivity contribution < 1.29 is 4.42 Å². The number of rotatable bonds is 6. The Labute approximate surface area is 327 Å². The predicted octanol–water partition coefficient (Wildman–Crippen LogP) is 14.1. The average molecular weight is 734 g/mol. The van der Waals surface area contributed by atoms with Crippen molar-refractivity contribution in [3.8, 4) is 67.5 Å². The Morgan fingerprint density at radius 3 is 1.64 bits per heavy atom. The predicted molar refractivity (Wildman–Crippen MR) is 233 cm³/mol. The molecule has 0 atom stereocenters. The van der Waals surface area contributed by atoms with Crippen molar-refractivity contribution in [2.75, 3.05) is 0 Å². The zero-order valence-electron chi connectivity index (χ0n) is 30.1. The van der Waals surface area contributed by atoms with E-state index < -0.39 is 0 Å². The minimum atomic E-state index is 0.652. The molecule has 0 fully saturated rings. The van der Waals surface area contributed by atoms with Crippen molar-refractivity contribution in [3.05, 3.63) is 188 Å². The van der Waals surface area contributed by atoms with Crippen molar-refractivity contribution in [1.29, 1.82) is 0 Å². The van der Waals surface area contributed by atoms with E-state index in [4.69, 9.17) is 19.4 Å². The molecule has 5 heteroatoms. The smallest absolute Gasteiger partial charge is 0.165 e. The molecule has 0 saturated heterocycles. The first-order chi connectivity index (χ1) is 27.7. The normalized spacial score (nSPS) is 11.6. The Kier molecular flexibility index (Phi) is 7.64. The van der Waals surface area contributed by atoms with Crippen LogP contribution in [0.3, 0.4) is 0 Å². The van der Waals surface area contributed by atoms with E-state index in [1.54, 1.807) is 11.3 Å². The topological polar surface area (TPSA) is 51.8 Å². The van der Waals surface area contributed by atoms with Crippen molar-refractivity contribution >= 4 is 53.4 Å². The Morgan fingerprint density at radius 1 is 0.339 bits per heavy atom. The maximum absolute atomic E-state index is 6.66. The average Bonchev–Trinajstić information content (AvgIpc) is 3.85. The van der Waals surface area contributed by atoms with E-state index in [2.05, 4.69) is 121 Å². The fourth-order valence-corrected chi connectivity index (χ4v) is 8.98. The number of aromatic nitrogens is 3. The van der Waals surface area contributed by atoms with Crippen LogP contribution in [-0.2, 0) is 0 Å². The van der Waals surface area contributed by atoms with Gasteiger partial charge < -0.3 is 4.42 Å². The van der Waals surface area contributed by atoms with Crippen LogP contribution < -0.4 is 0 Å². The SMILES string of the molecule is c1ccc(-c2cccc(-c3cc(-c4ccc5sc6c(-c7nc(-c8ccccc8)nc(-c8ccccc8)n7)cccc6c5c4)c4oc5ccccc5c4c3)c2)cc1. The van der Waals surface area contributed by atoms with Gasteiger partial charge in [0.05, 0.1) is 0 Å². The first kappa shape index (κ1) is 32.2. The number of nitrogens with zero attached hydrogens (tertiary/aromatic N) is 3. The molecule has 0 unspecified atom stereocenters. The van der Waals surface area contributed by atoms with E-state index in [1.807, 2.05) is 66.7 Å². The molecule has 0 aliphatic heterocycles. The third-order valence-electron chi connectivity index (χ3n) is 10.5. The quantitative estimate of drug-likeness (QED) is 0.171. The van der Waals surface area contributed by atoms with Gasteiger partial charge in [0.25, 0.3) is 0 Å². The summed E-state index contributed by atoms with van der Waals surface area (Å²) in [5.74, 6) is 1.96. The standard InChI is InChI=1S/C51H31N3OS/c1-4-14-32(15-5-1)35-20-12-21-36(28-35)38-30-42(47-44(31-38)39-22-10-11-25-45(39)55-47)37-26-27-46-43(29-37)40-23-13-24-41(48(40)56-46)51-53-49(33-16-6-2-7-17-33)52-50(54-51)34-18-8-3-9-19-34/h1-31H. The summed E-state index contributed by atoms with van der Waals surface area (Å²) in [4.78, 5) is 15.1. The largest absolute Gasteiger partial charge is 0.455 e. The zero-order chi connectivity index (χ0) is 37.0. The summed E-state index contributed by atoms with van der Waals surface area (Å²) in [5, 5.41) is 4.57. The maximum atomic E-state index is 6.66. The van der Waals surface area contributed by atoms with Crippen molar-refractivity contribution in [1.82, 2.24) is 15.0 Å². The highest BCUT2D eigenvalue weighted by Gasteiger charge is 2.19. The van der Waals surface area contributed by atoms with Gasteiger partial charge in [-0.25, -0.2) is 15.0 Å². The van der Waals surface area contributed by atoms with Crippen LogP contribution in [0.2, 0.25) is 0 Å². The summed E-state index contributed by atoms with van der Waals surface area (Å²) in [6.45, 7) is 0. The van der Waals surface area contributed by atoms with Crippen LogP contribution in [0.25, 0.3) is 110 Å². The molecule has 0 saturated carbocycles.